The lowest BCUT2D eigenvalue weighted by atomic mass is 10.0. The number of hydrogen-bond acceptors (Lipinski definition) is 5. The number of nitrogens with one attached hydrogen (secondary N) is 1. The van der Waals surface area contributed by atoms with Crippen molar-refractivity contribution in [3.05, 3.63) is 81.5 Å². The number of H-pyrrole nitrogens is 1. The van der Waals surface area contributed by atoms with Gasteiger partial charge in [0.25, 0.3) is 11.5 Å². The zero-order chi connectivity index (χ0) is 18.8. The average molecular weight is 357 g/mol. The molecule has 7 nitrogen and oxygen atoms in total. The Hall–Kier alpha value is -3.79. The van der Waals surface area contributed by atoms with Crippen LogP contribution in [-0.4, -0.2) is 32.3 Å². The lowest BCUT2D eigenvalue weighted by Crippen LogP contribution is -2.39. The first-order valence-corrected chi connectivity index (χ1v) is 8.48. The molecule has 3 aromatic rings. The largest absolute Gasteiger partial charge is 0.332 e. The number of carbonyl (C=O) groups is 1. The van der Waals surface area contributed by atoms with Crippen LogP contribution < -0.4 is 5.56 Å². The molecule has 0 unspecified atom stereocenters. The molecule has 3 heterocycles. The maximum atomic E-state index is 12.7. The quantitative estimate of drug-likeness (QED) is 0.754. The van der Waals surface area contributed by atoms with Crippen molar-refractivity contribution < 1.29 is 4.79 Å². The number of rotatable bonds is 2. The lowest BCUT2D eigenvalue weighted by Gasteiger charge is -2.27. The molecule has 0 bridgehead atoms. The van der Waals surface area contributed by atoms with Crippen LogP contribution in [0.1, 0.15) is 27.3 Å². The van der Waals surface area contributed by atoms with Gasteiger partial charge in [-0.3, -0.25) is 9.59 Å². The number of amides is 1. The second-order valence-corrected chi connectivity index (χ2v) is 6.23. The number of pyridine rings is 1. The second kappa shape index (κ2) is 6.84. The molecule has 27 heavy (non-hydrogen) atoms. The van der Waals surface area contributed by atoms with E-state index in [0.717, 1.165) is 5.56 Å². The van der Waals surface area contributed by atoms with Crippen LogP contribution in [0.4, 0.5) is 0 Å². The van der Waals surface area contributed by atoms with Crippen LogP contribution in [0.3, 0.4) is 0 Å². The van der Waals surface area contributed by atoms with Gasteiger partial charge in [-0.2, -0.15) is 5.26 Å². The van der Waals surface area contributed by atoms with Crippen LogP contribution in [0.25, 0.3) is 11.4 Å². The highest BCUT2D eigenvalue weighted by Crippen LogP contribution is 2.20. The Morgan fingerprint density at radius 1 is 1.19 bits per heavy atom. The number of fused-ring (bicyclic) bond motifs is 1. The standard InChI is InChI=1S/C20H15N5O2/c21-10-15-7-6-14(11-22-15)20(27)25-9-8-16-17(12-25)23-18(24-19(16)26)13-4-2-1-3-5-13/h1-7,11H,8-9,12H2,(H,23,24,26). The average Bonchev–Trinajstić information content (AvgIpc) is 2.73. The minimum absolute atomic E-state index is 0.161. The minimum atomic E-state index is -0.194. The first kappa shape index (κ1) is 16.7. The Balaban J connectivity index is 1.64. The van der Waals surface area contributed by atoms with Crippen molar-refractivity contribution in [2.45, 2.75) is 13.0 Å². The van der Waals surface area contributed by atoms with E-state index in [4.69, 9.17) is 5.26 Å². The van der Waals surface area contributed by atoms with Crippen molar-refractivity contribution in [3.8, 4) is 17.5 Å². The Morgan fingerprint density at radius 2 is 2.00 bits per heavy atom. The number of hydrogen-bond donors (Lipinski definition) is 1. The number of benzene rings is 1. The molecule has 1 aromatic carbocycles. The van der Waals surface area contributed by atoms with Crippen molar-refractivity contribution in [2.75, 3.05) is 6.54 Å². The molecular formula is C20H15N5O2. The summed E-state index contributed by atoms with van der Waals surface area (Å²) in [5.74, 6) is 0.301. The fraction of sp³-hybridized carbons (Fsp3) is 0.150. The van der Waals surface area contributed by atoms with Crippen LogP contribution in [0.2, 0.25) is 0 Å². The van der Waals surface area contributed by atoms with Crippen molar-refractivity contribution in [1.82, 2.24) is 19.9 Å². The van der Waals surface area contributed by atoms with Gasteiger partial charge in [0.2, 0.25) is 0 Å². The Morgan fingerprint density at radius 3 is 2.70 bits per heavy atom. The predicted molar refractivity (Wildman–Crippen MR) is 97.7 cm³/mol. The van der Waals surface area contributed by atoms with E-state index >= 15 is 0 Å². The van der Waals surface area contributed by atoms with Crippen LogP contribution >= 0.6 is 0 Å². The normalized spacial score (nSPS) is 12.9. The van der Waals surface area contributed by atoms with Gasteiger partial charge < -0.3 is 9.88 Å². The Kier molecular flexibility index (Phi) is 4.22. The van der Waals surface area contributed by atoms with E-state index < -0.39 is 0 Å². The van der Waals surface area contributed by atoms with Crippen LogP contribution in [0.15, 0.2) is 53.5 Å². The fourth-order valence-corrected chi connectivity index (χ4v) is 3.11. The topological polar surface area (TPSA) is 103 Å². The van der Waals surface area contributed by atoms with Crippen molar-refractivity contribution >= 4 is 5.91 Å². The summed E-state index contributed by atoms with van der Waals surface area (Å²) in [7, 11) is 0. The van der Waals surface area contributed by atoms with Gasteiger partial charge in [0.1, 0.15) is 17.6 Å². The zero-order valence-electron chi connectivity index (χ0n) is 14.3. The molecule has 0 saturated heterocycles. The van der Waals surface area contributed by atoms with Gasteiger partial charge in [0.15, 0.2) is 0 Å². The maximum Gasteiger partial charge on any atom is 0.255 e. The molecular weight excluding hydrogens is 342 g/mol. The lowest BCUT2D eigenvalue weighted by molar-refractivity contribution is 0.0731. The van der Waals surface area contributed by atoms with Gasteiger partial charge >= 0.3 is 0 Å². The summed E-state index contributed by atoms with van der Waals surface area (Å²) in [6.07, 6.45) is 1.85. The number of nitriles is 1. The summed E-state index contributed by atoms with van der Waals surface area (Å²) in [6, 6.07) is 14.4. The second-order valence-electron chi connectivity index (χ2n) is 6.23. The summed E-state index contributed by atoms with van der Waals surface area (Å²) in [5.41, 5.74) is 2.56. The fourth-order valence-electron chi connectivity index (χ4n) is 3.11. The van der Waals surface area contributed by atoms with Gasteiger partial charge in [-0.1, -0.05) is 30.3 Å². The first-order chi connectivity index (χ1) is 13.2. The SMILES string of the molecule is N#Cc1ccc(C(=O)N2CCc3c(nc(-c4ccccc4)[nH]c3=O)C2)cn1. The molecule has 2 aromatic heterocycles. The van der Waals surface area contributed by atoms with Crippen LogP contribution in [0.5, 0.6) is 0 Å². The molecule has 0 radical (unpaired) electrons. The van der Waals surface area contributed by atoms with Crippen LogP contribution in [-0.2, 0) is 13.0 Å². The summed E-state index contributed by atoms with van der Waals surface area (Å²) in [5, 5.41) is 8.82. The molecule has 0 saturated carbocycles. The highest BCUT2D eigenvalue weighted by atomic mass is 16.2. The third-order valence-corrected chi connectivity index (χ3v) is 4.53. The van der Waals surface area contributed by atoms with Crippen molar-refractivity contribution in [3.63, 3.8) is 0 Å². The van der Waals surface area contributed by atoms with Gasteiger partial charge in [-0.15, -0.1) is 0 Å². The predicted octanol–water partition coefficient (Wildman–Crippen LogP) is 1.90. The molecule has 0 fully saturated rings. The summed E-state index contributed by atoms with van der Waals surface area (Å²) < 4.78 is 0. The van der Waals surface area contributed by atoms with E-state index in [1.807, 2.05) is 36.4 Å². The summed E-state index contributed by atoms with van der Waals surface area (Å²) in [4.78, 5) is 38.2. The molecule has 0 spiro atoms. The molecule has 132 valence electrons. The molecule has 1 amide bonds. The molecule has 7 heteroatoms. The van der Waals surface area contributed by atoms with E-state index in [2.05, 4.69) is 15.0 Å². The van der Waals surface area contributed by atoms with Gasteiger partial charge in [-0.25, -0.2) is 9.97 Å². The van der Waals surface area contributed by atoms with E-state index in [9.17, 15) is 9.59 Å². The molecule has 1 aliphatic rings. The molecule has 1 N–H and O–H groups in total. The third kappa shape index (κ3) is 3.20. The third-order valence-electron chi connectivity index (χ3n) is 4.53. The number of carbonyl (C=O) groups excluding carboxylic acids is 1. The van der Waals surface area contributed by atoms with Crippen molar-refractivity contribution in [1.29, 1.82) is 5.26 Å². The number of aromatic amines is 1. The molecule has 0 aliphatic carbocycles. The Bertz CT molecular complexity index is 1100. The smallest absolute Gasteiger partial charge is 0.255 e. The van der Waals surface area contributed by atoms with E-state index in [0.29, 0.717) is 35.6 Å². The summed E-state index contributed by atoms with van der Waals surface area (Å²) >= 11 is 0. The van der Waals surface area contributed by atoms with E-state index in [1.165, 1.54) is 12.3 Å². The molecule has 0 atom stereocenters. The van der Waals surface area contributed by atoms with E-state index in [1.54, 1.807) is 11.0 Å². The zero-order valence-corrected chi connectivity index (χ0v) is 14.3. The highest BCUT2D eigenvalue weighted by molar-refractivity contribution is 5.94. The maximum absolute atomic E-state index is 12.7. The minimum Gasteiger partial charge on any atom is -0.332 e. The monoisotopic (exact) mass is 357 g/mol. The highest BCUT2D eigenvalue weighted by Gasteiger charge is 2.25. The van der Waals surface area contributed by atoms with Gasteiger partial charge in [-0.05, 0) is 18.6 Å². The molecule has 1 aliphatic heterocycles. The van der Waals surface area contributed by atoms with Crippen LogP contribution in [0, 0.1) is 11.3 Å². The number of nitrogens with zero attached hydrogens (tertiary/aromatic N) is 4. The summed E-state index contributed by atoms with van der Waals surface area (Å²) in [6.45, 7) is 0.694. The van der Waals surface area contributed by atoms with Gasteiger partial charge in [0, 0.05) is 23.9 Å². The molecule has 4 rings (SSSR count). The number of aromatic nitrogens is 3. The first-order valence-electron chi connectivity index (χ1n) is 8.48. The van der Waals surface area contributed by atoms with Crippen molar-refractivity contribution in [2.24, 2.45) is 0 Å². The van der Waals surface area contributed by atoms with E-state index in [-0.39, 0.29) is 23.7 Å². The Labute approximate surface area is 154 Å². The van der Waals surface area contributed by atoms with Gasteiger partial charge in [0.05, 0.1) is 17.8 Å².